The third-order valence-electron chi connectivity index (χ3n) is 3.97. The van der Waals surface area contributed by atoms with Gasteiger partial charge in [-0.1, -0.05) is 0 Å². The maximum atomic E-state index is 12.3. The second-order valence-electron chi connectivity index (χ2n) is 5.38. The number of primary amides is 1. The van der Waals surface area contributed by atoms with Gasteiger partial charge in [0.15, 0.2) is 0 Å². The van der Waals surface area contributed by atoms with E-state index in [0.29, 0.717) is 4.73 Å². The molecule has 4 atom stereocenters. The van der Waals surface area contributed by atoms with E-state index in [1.54, 1.807) is 0 Å². The lowest BCUT2D eigenvalue weighted by molar-refractivity contribution is -0.591. The molecule has 10 nitrogen and oxygen atoms in total. The Morgan fingerprint density at radius 3 is 2.78 bits per heavy atom. The number of nitrogens with zero attached hydrogens (tertiary/aromatic N) is 3. The number of carbonyl (C=O) groups excluding carboxylic acids is 1. The summed E-state index contributed by atoms with van der Waals surface area (Å²) >= 11 is 0. The molecule has 2 aromatic rings. The summed E-state index contributed by atoms with van der Waals surface area (Å²) in [6.45, 7) is 0.972. The van der Waals surface area contributed by atoms with Crippen molar-refractivity contribution in [2.45, 2.75) is 31.5 Å². The smallest absolute Gasteiger partial charge is 0.252 e. The van der Waals surface area contributed by atoms with E-state index >= 15 is 0 Å². The summed E-state index contributed by atoms with van der Waals surface area (Å²) in [6, 6.07) is 0. The molecular weight excluding hydrogens is 308 g/mol. The highest BCUT2D eigenvalue weighted by Crippen LogP contribution is 2.32. The van der Waals surface area contributed by atoms with Gasteiger partial charge in [0, 0.05) is 6.92 Å². The maximum Gasteiger partial charge on any atom is 0.252 e. The van der Waals surface area contributed by atoms with Crippen molar-refractivity contribution < 1.29 is 29.6 Å². The number of hydrogen-bond donors (Lipinski definition) is 4. The molecule has 0 radical (unpaired) electrons. The highest BCUT2D eigenvalue weighted by Gasteiger charge is 2.46. The van der Waals surface area contributed by atoms with E-state index in [-0.39, 0.29) is 22.4 Å². The normalized spacial score (nSPS) is 27.7. The summed E-state index contributed by atoms with van der Waals surface area (Å²) in [6.07, 6.45) is -2.29. The zero-order valence-corrected chi connectivity index (χ0v) is 12.2. The van der Waals surface area contributed by atoms with Crippen LogP contribution in [0.25, 0.3) is 11.0 Å². The van der Waals surface area contributed by atoms with Crippen molar-refractivity contribution >= 4 is 16.9 Å². The van der Waals surface area contributed by atoms with Crippen LogP contribution in [0, 0.1) is 12.1 Å². The van der Waals surface area contributed by atoms with Crippen LogP contribution in [0.15, 0.2) is 12.4 Å². The number of rotatable bonds is 3. The van der Waals surface area contributed by atoms with Crippen molar-refractivity contribution in [3.63, 3.8) is 0 Å². The third kappa shape index (κ3) is 2.23. The average molecular weight is 324 g/mol. The number of amides is 1. The van der Waals surface area contributed by atoms with Gasteiger partial charge < -0.3 is 31.0 Å². The minimum atomic E-state index is -1.39. The predicted molar refractivity (Wildman–Crippen MR) is 75.0 cm³/mol. The van der Waals surface area contributed by atoms with Crippen LogP contribution in [0.2, 0.25) is 0 Å². The minimum absolute atomic E-state index is 0.0149. The van der Waals surface area contributed by atoms with E-state index in [1.807, 2.05) is 0 Å². The number of fused-ring (bicyclic) bond motifs is 1. The number of hydrogen-bond acceptors (Lipinski definition) is 7. The van der Waals surface area contributed by atoms with Crippen molar-refractivity contribution in [3.05, 3.63) is 29.0 Å². The quantitative estimate of drug-likeness (QED) is 0.365. The summed E-state index contributed by atoms with van der Waals surface area (Å²) in [5, 5.41) is 41.7. The highest BCUT2D eigenvalue weighted by atomic mass is 16.6. The number of aryl methyl sites for hydroxylation is 1. The van der Waals surface area contributed by atoms with Gasteiger partial charge in [-0.15, -0.1) is 4.98 Å². The maximum absolute atomic E-state index is 12.3. The SMILES string of the molecule is Cc1ncc2c(C(N)=O)cn([C@@H]3O[C@H](CO)[C@@H](O)[C@H]3O)c2[n+]1[O-]. The van der Waals surface area contributed by atoms with Gasteiger partial charge in [-0.25, -0.2) is 9.30 Å². The fourth-order valence-electron chi connectivity index (χ4n) is 2.73. The molecule has 0 unspecified atom stereocenters. The standard InChI is InChI=1S/C13H16N4O6/c1-5-15-2-6-7(11(14)21)3-16(12(6)17(5)22)13-10(20)9(19)8(4-18)23-13/h2-3,8-10,13,18-20H,4H2,1H3,(H2,14,21)/t8-,9-,10-,13-/m1/s1. The van der Waals surface area contributed by atoms with Crippen molar-refractivity contribution in [2.24, 2.45) is 5.73 Å². The molecule has 23 heavy (non-hydrogen) atoms. The largest absolute Gasteiger partial charge is 0.740 e. The number of aliphatic hydroxyl groups is 3. The van der Waals surface area contributed by atoms with Gasteiger partial charge in [0.05, 0.1) is 23.8 Å². The number of aromatic nitrogens is 3. The molecule has 0 aromatic carbocycles. The molecular formula is C13H16N4O6. The van der Waals surface area contributed by atoms with Crippen molar-refractivity contribution in [1.82, 2.24) is 9.55 Å². The molecule has 0 saturated carbocycles. The lowest BCUT2D eigenvalue weighted by atomic mass is 10.1. The predicted octanol–water partition coefficient (Wildman–Crippen LogP) is -2.31. The average Bonchev–Trinajstić information content (AvgIpc) is 3.03. The molecule has 2 aromatic heterocycles. The Kier molecular flexibility index (Phi) is 3.68. The van der Waals surface area contributed by atoms with Gasteiger partial charge in [0.2, 0.25) is 17.7 Å². The molecule has 1 saturated heterocycles. The Labute approximate surface area is 129 Å². The molecule has 0 spiro atoms. The first kappa shape index (κ1) is 15.6. The van der Waals surface area contributed by atoms with Crippen LogP contribution in [0.5, 0.6) is 0 Å². The topological polar surface area (TPSA) is 158 Å². The zero-order valence-electron chi connectivity index (χ0n) is 12.2. The van der Waals surface area contributed by atoms with Crippen LogP contribution in [0.3, 0.4) is 0 Å². The van der Waals surface area contributed by atoms with Crippen LogP contribution in [0.4, 0.5) is 0 Å². The van der Waals surface area contributed by atoms with Gasteiger partial charge in [-0.2, -0.15) is 0 Å². The molecule has 1 aliphatic rings. The van der Waals surface area contributed by atoms with Crippen molar-refractivity contribution in [2.75, 3.05) is 6.61 Å². The molecule has 124 valence electrons. The van der Waals surface area contributed by atoms with E-state index in [0.717, 1.165) is 0 Å². The summed E-state index contributed by atoms with van der Waals surface area (Å²) in [5.74, 6) is -0.647. The lowest BCUT2D eigenvalue weighted by Crippen LogP contribution is -2.37. The molecule has 3 rings (SSSR count). The van der Waals surface area contributed by atoms with Crippen molar-refractivity contribution in [1.29, 1.82) is 0 Å². The van der Waals surface area contributed by atoms with Gasteiger partial charge in [0.1, 0.15) is 24.5 Å². The Morgan fingerprint density at radius 2 is 2.22 bits per heavy atom. The molecule has 1 fully saturated rings. The monoisotopic (exact) mass is 324 g/mol. The number of ether oxygens (including phenoxy) is 1. The van der Waals surface area contributed by atoms with E-state index in [4.69, 9.17) is 15.6 Å². The van der Waals surface area contributed by atoms with Gasteiger partial charge >= 0.3 is 0 Å². The summed E-state index contributed by atoms with van der Waals surface area (Å²) in [5.41, 5.74) is 5.36. The molecule has 1 aliphatic heterocycles. The number of aliphatic hydroxyl groups excluding tert-OH is 3. The second-order valence-corrected chi connectivity index (χ2v) is 5.38. The molecule has 0 aliphatic carbocycles. The number of nitrogens with two attached hydrogens (primary N) is 1. The van der Waals surface area contributed by atoms with Gasteiger partial charge in [-0.3, -0.25) is 4.79 Å². The Hall–Kier alpha value is -2.27. The van der Waals surface area contributed by atoms with Crippen molar-refractivity contribution in [3.8, 4) is 0 Å². The van der Waals surface area contributed by atoms with Gasteiger partial charge in [-0.05, 0) is 0 Å². The third-order valence-corrected chi connectivity index (χ3v) is 3.97. The fraction of sp³-hybridized carbons (Fsp3) is 0.462. The fourth-order valence-corrected chi connectivity index (χ4v) is 2.73. The minimum Gasteiger partial charge on any atom is -0.740 e. The van der Waals surface area contributed by atoms with E-state index in [1.165, 1.54) is 23.9 Å². The van der Waals surface area contributed by atoms with Crippen LogP contribution in [0.1, 0.15) is 22.4 Å². The first-order valence-corrected chi connectivity index (χ1v) is 6.88. The van der Waals surface area contributed by atoms with Crippen LogP contribution in [-0.4, -0.2) is 55.7 Å². The molecule has 3 heterocycles. The Balaban J connectivity index is 2.22. The Bertz CT molecular complexity index is 775. The van der Waals surface area contributed by atoms with Crippen LogP contribution >= 0.6 is 0 Å². The highest BCUT2D eigenvalue weighted by molar-refractivity contribution is 6.04. The van der Waals surface area contributed by atoms with E-state index in [9.17, 15) is 20.2 Å². The van der Waals surface area contributed by atoms with Crippen LogP contribution in [-0.2, 0) is 4.74 Å². The second kappa shape index (κ2) is 5.42. The molecule has 5 N–H and O–H groups in total. The molecule has 0 bridgehead atoms. The van der Waals surface area contributed by atoms with E-state index in [2.05, 4.69) is 4.98 Å². The van der Waals surface area contributed by atoms with Gasteiger partial charge in [0.25, 0.3) is 5.91 Å². The Morgan fingerprint density at radius 1 is 1.52 bits per heavy atom. The molecule has 1 amide bonds. The summed E-state index contributed by atoms with van der Waals surface area (Å²) in [4.78, 5) is 15.5. The summed E-state index contributed by atoms with van der Waals surface area (Å²) in [7, 11) is 0. The molecule has 10 heteroatoms. The van der Waals surface area contributed by atoms with Crippen LogP contribution < -0.4 is 10.5 Å². The first-order chi connectivity index (χ1) is 10.9. The summed E-state index contributed by atoms with van der Waals surface area (Å²) < 4.78 is 7.11. The first-order valence-electron chi connectivity index (χ1n) is 6.88. The number of carbonyl (C=O) groups is 1. The zero-order chi connectivity index (χ0) is 16.9. The van der Waals surface area contributed by atoms with E-state index < -0.39 is 37.1 Å². The lowest BCUT2D eigenvalue weighted by Gasteiger charge is -2.16.